The number of likely N-dealkylation sites (tertiary alicyclic amines) is 1. The van der Waals surface area contributed by atoms with Gasteiger partial charge in [0.15, 0.2) is 0 Å². The maximum absolute atomic E-state index is 6.18. The van der Waals surface area contributed by atoms with Crippen molar-refractivity contribution in [3.05, 3.63) is 15.9 Å². The standard InChI is InChI=1S/C14H25BrN4/c1-4-11-8-18(7-6-12(11)16)9-13-14(15)10(3)17-19(13)5-2/h11-12H,4-9,16H2,1-3H3. The van der Waals surface area contributed by atoms with E-state index in [-0.39, 0.29) is 0 Å². The molecular formula is C14H25BrN4. The van der Waals surface area contributed by atoms with Gasteiger partial charge >= 0.3 is 0 Å². The van der Waals surface area contributed by atoms with Crippen LogP contribution in [0.1, 0.15) is 38.1 Å². The number of hydrogen-bond donors (Lipinski definition) is 1. The number of nitrogens with zero attached hydrogens (tertiary/aromatic N) is 3. The first-order valence-electron chi connectivity index (χ1n) is 7.26. The van der Waals surface area contributed by atoms with Crippen LogP contribution in [0, 0.1) is 12.8 Å². The van der Waals surface area contributed by atoms with Crippen LogP contribution in [0.25, 0.3) is 0 Å². The van der Waals surface area contributed by atoms with Crippen molar-refractivity contribution in [2.24, 2.45) is 11.7 Å². The Morgan fingerprint density at radius 1 is 1.42 bits per heavy atom. The molecule has 2 rings (SSSR count). The lowest BCUT2D eigenvalue weighted by atomic mass is 9.90. The van der Waals surface area contributed by atoms with Gasteiger partial charge in [-0.3, -0.25) is 9.58 Å². The van der Waals surface area contributed by atoms with Crippen LogP contribution in [0.5, 0.6) is 0 Å². The second-order valence-electron chi connectivity index (χ2n) is 5.52. The fourth-order valence-electron chi connectivity index (χ4n) is 2.93. The van der Waals surface area contributed by atoms with E-state index in [1.54, 1.807) is 0 Å². The Morgan fingerprint density at radius 2 is 2.16 bits per heavy atom. The largest absolute Gasteiger partial charge is 0.327 e. The van der Waals surface area contributed by atoms with Crippen molar-refractivity contribution in [2.45, 2.75) is 52.7 Å². The van der Waals surface area contributed by atoms with Crippen molar-refractivity contribution < 1.29 is 0 Å². The fraction of sp³-hybridized carbons (Fsp3) is 0.786. The van der Waals surface area contributed by atoms with Gasteiger partial charge in [0.25, 0.3) is 0 Å². The van der Waals surface area contributed by atoms with Crippen molar-refractivity contribution in [3.63, 3.8) is 0 Å². The zero-order valence-electron chi connectivity index (χ0n) is 12.2. The van der Waals surface area contributed by atoms with Gasteiger partial charge in [-0.25, -0.2) is 0 Å². The Kier molecular flexibility index (Phi) is 5.03. The zero-order chi connectivity index (χ0) is 14.0. The molecule has 2 N–H and O–H groups in total. The summed E-state index contributed by atoms with van der Waals surface area (Å²) < 4.78 is 3.27. The molecule has 1 saturated heterocycles. The normalized spacial score (nSPS) is 24.9. The average Bonchev–Trinajstić information content (AvgIpc) is 2.68. The molecular weight excluding hydrogens is 304 g/mol. The highest BCUT2D eigenvalue weighted by atomic mass is 79.9. The summed E-state index contributed by atoms with van der Waals surface area (Å²) in [5.74, 6) is 0.631. The second-order valence-corrected chi connectivity index (χ2v) is 6.31. The smallest absolute Gasteiger partial charge is 0.0739 e. The molecule has 2 heterocycles. The summed E-state index contributed by atoms with van der Waals surface area (Å²) in [7, 11) is 0. The summed E-state index contributed by atoms with van der Waals surface area (Å²) in [4.78, 5) is 2.52. The third kappa shape index (κ3) is 3.20. The van der Waals surface area contributed by atoms with E-state index >= 15 is 0 Å². The van der Waals surface area contributed by atoms with E-state index in [4.69, 9.17) is 5.73 Å². The molecule has 19 heavy (non-hydrogen) atoms. The lowest BCUT2D eigenvalue weighted by Crippen LogP contribution is -2.46. The number of nitrogens with two attached hydrogens (primary N) is 1. The lowest BCUT2D eigenvalue weighted by molar-refractivity contribution is 0.142. The van der Waals surface area contributed by atoms with E-state index in [1.807, 2.05) is 0 Å². The Bertz CT molecular complexity index is 429. The van der Waals surface area contributed by atoms with Gasteiger partial charge < -0.3 is 5.73 Å². The van der Waals surface area contributed by atoms with Crippen LogP contribution in [-0.4, -0.2) is 33.8 Å². The number of aryl methyl sites for hydroxylation is 2. The van der Waals surface area contributed by atoms with E-state index < -0.39 is 0 Å². The molecule has 5 heteroatoms. The minimum atomic E-state index is 0.377. The monoisotopic (exact) mass is 328 g/mol. The number of halogens is 1. The average molecular weight is 329 g/mol. The number of rotatable bonds is 4. The van der Waals surface area contributed by atoms with Gasteiger partial charge in [0.2, 0.25) is 0 Å². The topological polar surface area (TPSA) is 47.1 Å². The van der Waals surface area contributed by atoms with Crippen LogP contribution >= 0.6 is 15.9 Å². The first kappa shape index (κ1) is 15.0. The molecule has 1 fully saturated rings. The SMILES string of the molecule is CCC1CN(Cc2c(Br)c(C)nn2CC)CCC1N. The lowest BCUT2D eigenvalue weighted by Gasteiger charge is -2.36. The summed E-state index contributed by atoms with van der Waals surface area (Å²) in [5, 5.41) is 4.57. The molecule has 0 bridgehead atoms. The number of aromatic nitrogens is 2. The molecule has 108 valence electrons. The van der Waals surface area contributed by atoms with E-state index in [0.717, 1.165) is 42.8 Å². The van der Waals surface area contributed by atoms with Crippen molar-refractivity contribution in [2.75, 3.05) is 13.1 Å². The third-order valence-electron chi connectivity index (χ3n) is 4.23. The number of hydrogen-bond acceptors (Lipinski definition) is 3. The summed E-state index contributed by atoms with van der Waals surface area (Å²) in [6.07, 6.45) is 2.28. The predicted molar refractivity (Wildman–Crippen MR) is 82.0 cm³/mol. The minimum absolute atomic E-state index is 0.377. The van der Waals surface area contributed by atoms with Crippen LogP contribution in [0.3, 0.4) is 0 Å². The van der Waals surface area contributed by atoms with Crippen molar-refractivity contribution >= 4 is 15.9 Å². The Morgan fingerprint density at radius 3 is 2.79 bits per heavy atom. The van der Waals surface area contributed by atoms with Gasteiger partial charge in [-0.15, -0.1) is 0 Å². The molecule has 1 aliphatic heterocycles. The summed E-state index contributed by atoms with van der Waals surface area (Å²) >= 11 is 3.68. The van der Waals surface area contributed by atoms with E-state index in [9.17, 15) is 0 Å². The maximum atomic E-state index is 6.18. The van der Waals surface area contributed by atoms with Crippen LogP contribution < -0.4 is 5.73 Å². The van der Waals surface area contributed by atoms with Crippen LogP contribution in [0.4, 0.5) is 0 Å². The molecule has 4 nitrogen and oxygen atoms in total. The van der Waals surface area contributed by atoms with Crippen molar-refractivity contribution in [1.82, 2.24) is 14.7 Å². The first-order chi connectivity index (χ1) is 9.06. The molecule has 2 unspecified atom stereocenters. The van der Waals surface area contributed by atoms with E-state index in [1.165, 1.54) is 12.1 Å². The first-order valence-corrected chi connectivity index (χ1v) is 8.05. The highest BCUT2D eigenvalue weighted by molar-refractivity contribution is 9.10. The molecule has 0 aliphatic carbocycles. The summed E-state index contributed by atoms with van der Waals surface area (Å²) in [6, 6.07) is 0.377. The van der Waals surface area contributed by atoms with Gasteiger partial charge in [0, 0.05) is 32.2 Å². The highest BCUT2D eigenvalue weighted by Crippen LogP contribution is 2.25. The summed E-state index contributed by atoms with van der Waals surface area (Å²) in [5.41, 5.74) is 8.56. The van der Waals surface area contributed by atoms with E-state index in [2.05, 4.69) is 51.4 Å². The molecule has 0 saturated carbocycles. The van der Waals surface area contributed by atoms with Crippen LogP contribution in [-0.2, 0) is 13.1 Å². The van der Waals surface area contributed by atoms with Gasteiger partial charge in [0.1, 0.15) is 0 Å². The number of piperidine rings is 1. The Hall–Kier alpha value is -0.390. The Labute approximate surface area is 124 Å². The highest BCUT2D eigenvalue weighted by Gasteiger charge is 2.26. The fourth-order valence-corrected chi connectivity index (χ4v) is 3.34. The molecule has 1 aromatic heterocycles. The molecule has 0 amide bonds. The molecule has 1 aromatic rings. The zero-order valence-corrected chi connectivity index (χ0v) is 13.8. The second kappa shape index (κ2) is 6.37. The third-order valence-corrected chi connectivity index (χ3v) is 5.26. The molecule has 2 atom stereocenters. The molecule has 0 aromatic carbocycles. The molecule has 0 spiro atoms. The van der Waals surface area contributed by atoms with Gasteiger partial charge in [0.05, 0.1) is 15.9 Å². The maximum Gasteiger partial charge on any atom is 0.0739 e. The van der Waals surface area contributed by atoms with Crippen molar-refractivity contribution in [3.8, 4) is 0 Å². The van der Waals surface area contributed by atoms with Gasteiger partial charge in [-0.2, -0.15) is 5.10 Å². The minimum Gasteiger partial charge on any atom is -0.327 e. The molecule has 1 aliphatic rings. The quantitative estimate of drug-likeness (QED) is 0.923. The van der Waals surface area contributed by atoms with Gasteiger partial charge in [-0.05, 0) is 42.1 Å². The summed E-state index contributed by atoms with van der Waals surface area (Å²) in [6.45, 7) is 10.5. The van der Waals surface area contributed by atoms with E-state index in [0.29, 0.717) is 12.0 Å². The van der Waals surface area contributed by atoms with Crippen LogP contribution in [0.2, 0.25) is 0 Å². The molecule has 0 radical (unpaired) electrons. The van der Waals surface area contributed by atoms with Crippen LogP contribution in [0.15, 0.2) is 4.47 Å². The van der Waals surface area contributed by atoms with Gasteiger partial charge in [-0.1, -0.05) is 13.3 Å². The Balaban J connectivity index is 2.09. The predicted octanol–water partition coefficient (Wildman–Crippen LogP) is 2.53. The van der Waals surface area contributed by atoms with Crippen molar-refractivity contribution in [1.29, 1.82) is 0 Å².